The standard InChI is InChI=1S/C19H38NO/c1-4-7-10-11-12-13-16-20(14-8-5-2,15-9-6-3)17-19-18-21-19/h4,7,19H,5-6,8-18H2,1-3H3/q+1/b7-4+. The van der Waals surface area contributed by atoms with Crippen LogP contribution in [0.25, 0.3) is 0 Å². The van der Waals surface area contributed by atoms with Gasteiger partial charge >= 0.3 is 0 Å². The van der Waals surface area contributed by atoms with Gasteiger partial charge in [0.05, 0.1) is 26.2 Å². The molecule has 0 spiro atoms. The molecular formula is C19H38NO+. The molecule has 0 aromatic heterocycles. The molecule has 0 saturated carbocycles. The first-order valence-electron chi connectivity index (χ1n) is 9.34. The van der Waals surface area contributed by atoms with Gasteiger partial charge in [-0.3, -0.25) is 0 Å². The lowest BCUT2D eigenvalue weighted by molar-refractivity contribution is -0.929. The second-order valence-electron chi connectivity index (χ2n) is 6.78. The Bertz CT molecular complexity index is 263. The van der Waals surface area contributed by atoms with Crippen LogP contribution in [-0.4, -0.2) is 43.4 Å². The summed E-state index contributed by atoms with van der Waals surface area (Å²) >= 11 is 0. The zero-order valence-electron chi connectivity index (χ0n) is 14.8. The molecule has 124 valence electrons. The minimum absolute atomic E-state index is 0.571. The fourth-order valence-electron chi connectivity index (χ4n) is 3.25. The SMILES string of the molecule is C/C=C/CCCCC[N+](CCCC)(CCCC)CC1CO1. The topological polar surface area (TPSA) is 12.5 Å². The quantitative estimate of drug-likeness (QED) is 0.191. The van der Waals surface area contributed by atoms with E-state index in [0.717, 1.165) is 6.61 Å². The minimum atomic E-state index is 0.571. The van der Waals surface area contributed by atoms with Gasteiger partial charge in [0.1, 0.15) is 12.6 Å². The van der Waals surface area contributed by atoms with Crippen LogP contribution in [0.4, 0.5) is 0 Å². The van der Waals surface area contributed by atoms with Crippen LogP contribution in [-0.2, 0) is 4.74 Å². The molecule has 0 bridgehead atoms. The highest BCUT2D eigenvalue weighted by molar-refractivity contribution is 4.76. The minimum Gasteiger partial charge on any atom is -0.367 e. The molecule has 1 unspecified atom stereocenters. The molecule has 0 N–H and O–H groups in total. The maximum atomic E-state index is 5.56. The number of allylic oxidation sites excluding steroid dienone is 2. The van der Waals surface area contributed by atoms with Gasteiger partial charge in [-0.05, 0) is 45.4 Å². The summed E-state index contributed by atoms with van der Waals surface area (Å²) in [6.45, 7) is 13.1. The zero-order chi connectivity index (χ0) is 15.4. The molecule has 0 aromatic rings. The first kappa shape index (κ1) is 18.7. The highest BCUT2D eigenvalue weighted by Crippen LogP contribution is 2.22. The maximum Gasteiger partial charge on any atom is 0.130 e. The summed E-state index contributed by atoms with van der Waals surface area (Å²) < 4.78 is 6.89. The summed E-state index contributed by atoms with van der Waals surface area (Å²) in [6, 6.07) is 0. The molecule has 1 atom stereocenters. The van der Waals surface area contributed by atoms with Crippen LogP contribution >= 0.6 is 0 Å². The fraction of sp³-hybridized carbons (Fsp3) is 0.895. The zero-order valence-corrected chi connectivity index (χ0v) is 14.8. The van der Waals surface area contributed by atoms with Crippen molar-refractivity contribution in [3.05, 3.63) is 12.2 Å². The average Bonchev–Trinajstić information content (AvgIpc) is 3.30. The maximum absolute atomic E-state index is 5.56. The molecule has 21 heavy (non-hydrogen) atoms. The number of nitrogens with zero attached hydrogens (tertiary/aromatic N) is 1. The van der Waals surface area contributed by atoms with Crippen LogP contribution in [0.2, 0.25) is 0 Å². The van der Waals surface area contributed by atoms with E-state index in [0.29, 0.717) is 6.10 Å². The molecule has 0 aromatic carbocycles. The summed E-state index contributed by atoms with van der Waals surface area (Å²) in [5.74, 6) is 0. The number of epoxide rings is 1. The van der Waals surface area contributed by atoms with Crippen molar-refractivity contribution in [2.75, 3.05) is 32.8 Å². The van der Waals surface area contributed by atoms with Crippen LogP contribution in [0, 0.1) is 0 Å². The molecule has 1 saturated heterocycles. The van der Waals surface area contributed by atoms with Crippen molar-refractivity contribution in [2.24, 2.45) is 0 Å². The molecular weight excluding hydrogens is 258 g/mol. The first-order chi connectivity index (χ1) is 10.3. The lowest BCUT2D eigenvalue weighted by atomic mass is 10.1. The second kappa shape index (κ2) is 11.3. The summed E-state index contributed by atoms with van der Waals surface area (Å²) in [6.07, 6.45) is 15.8. The van der Waals surface area contributed by atoms with E-state index in [4.69, 9.17) is 4.74 Å². The Morgan fingerprint density at radius 1 is 0.952 bits per heavy atom. The molecule has 0 amide bonds. The van der Waals surface area contributed by atoms with Crippen LogP contribution < -0.4 is 0 Å². The van der Waals surface area contributed by atoms with E-state index in [1.54, 1.807) is 0 Å². The number of quaternary nitrogens is 1. The largest absolute Gasteiger partial charge is 0.367 e. The molecule has 0 radical (unpaired) electrons. The Morgan fingerprint density at radius 3 is 2.10 bits per heavy atom. The Balaban J connectivity index is 2.41. The second-order valence-corrected chi connectivity index (χ2v) is 6.78. The predicted octanol–water partition coefficient (Wildman–Crippen LogP) is 4.94. The summed E-state index contributed by atoms with van der Waals surface area (Å²) in [4.78, 5) is 0. The molecule has 1 rings (SSSR count). The van der Waals surface area contributed by atoms with E-state index >= 15 is 0 Å². The van der Waals surface area contributed by atoms with E-state index in [9.17, 15) is 0 Å². The lowest BCUT2D eigenvalue weighted by Gasteiger charge is -2.39. The third-order valence-electron chi connectivity index (χ3n) is 4.70. The van der Waals surface area contributed by atoms with Gasteiger partial charge in [0.15, 0.2) is 0 Å². The lowest BCUT2D eigenvalue weighted by Crippen LogP contribution is -2.52. The molecule has 1 heterocycles. The summed E-state index contributed by atoms with van der Waals surface area (Å²) in [5, 5.41) is 0. The van der Waals surface area contributed by atoms with E-state index in [1.165, 1.54) is 82.0 Å². The third-order valence-corrected chi connectivity index (χ3v) is 4.70. The van der Waals surface area contributed by atoms with E-state index in [1.807, 2.05) is 0 Å². The predicted molar refractivity (Wildman–Crippen MR) is 92.6 cm³/mol. The Hall–Kier alpha value is -0.340. The van der Waals surface area contributed by atoms with E-state index in [2.05, 4.69) is 32.9 Å². The number of hydrogen-bond donors (Lipinski definition) is 0. The molecule has 0 aliphatic carbocycles. The first-order valence-corrected chi connectivity index (χ1v) is 9.34. The average molecular weight is 297 g/mol. The third kappa shape index (κ3) is 8.63. The normalized spacial score (nSPS) is 18.5. The number of ether oxygens (including phenoxy) is 1. The monoisotopic (exact) mass is 296 g/mol. The van der Waals surface area contributed by atoms with Gasteiger partial charge < -0.3 is 9.22 Å². The van der Waals surface area contributed by atoms with Crippen molar-refractivity contribution in [1.82, 2.24) is 0 Å². The highest BCUT2D eigenvalue weighted by atomic mass is 16.6. The van der Waals surface area contributed by atoms with E-state index in [-0.39, 0.29) is 0 Å². The van der Waals surface area contributed by atoms with Crippen molar-refractivity contribution in [2.45, 2.75) is 78.2 Å². The molecule has 1 fully saturated rings. The summed E-state index contributed by atoms with van der Waals surface area (Å²) in [5.41, 5.74) is 0. The van der Waals surface area contributed by atoms with Crippen LogP contribution in [0.5, 0.6) is 0 Å². The van der Waals surface area contributed by atoms with Gasteiger partial charge in [-0.15, -0.1) is 0 Å². The van der Waals surface area contributed by atoms with Gasteiger partial charge in [-0.1, -0.05) is 38.8 Å². The number of hydrogen-bond acceptors (Lipinski definition) is 1. The van der Waals surface area contributed by atoms with Crippen molar-refractivity contribution in [1.29, 1.82) is 0 Å². The van der Waals surface area contributed by atoms with Gasteiger partial charge in [0, 0.05) is 0 Å². The van der Waals surface area contributed by atoms with Gasteiger partial charge in [0.2, 0.25) is 0 Å². The van der Waals surface area contributed by atoms with Crippen LogP contribution in [0.15, 0.2) is 12.2 Å². The van der Waals surface area contributed by atoms with Crippen LogP contribution in [0.1, 0.15) is 72.1 Å². The Labute approximate surface area is 133 Å². The van der Waals surface area contributed by atoms with Crippen molar-refractivity contribution in [3.63, 3.8) is 0 Å². The highest BCUT2D eigenvalue weighted by Gasteiger charge is 2.35. The van der Waals surface area contributed by atoms with Crippen molar-refractivity contribution < 1.29 is 9.22 Å². The van der Waals surface area contributed by atoms with Gasteiger partial charge in [-0.25, -0.2) is 0 Å². The Morgan fingerprint density at radius 2 is 1.57 bits per heavy atom. The van der Waals surface area contributed by atoms with Gasteiger partial charge in [0.25, 0.3) is 0 Å². The fourth-order valence-corrected chi connectivity index (χ4v) is 3.25. The van der Waals surface area contributed by atoms with Gasteiger partial charge in [-0.2, -0.15) is 0 Å². The summed E-state index contributed by atoms with van der Waals surface area (Å²) in [7, 11) is 0. The molecule has 2 heteroatoms. The van der Waals surface area contributed by atoms with Crippen molar-refractivity contribution in [3.8, 4) is 0 Å². The van der Waals surface area contributed by atoms with E-state index < -0.39 is 0 Å². The molecule has 2 nitrogen and oxygen atoms in total. The van der Waals surface area contributed by atoms with Crippen molar-refractivity contribution >= 4 is 0 Å². The smallest absolute Gasteiger partial charge is 0.130 e. The molecule has 1 aliphatic heterocycles. The number of unbranched alkanes of at least 4 members (excludes halogenated alkanes) is 5. The number of rotatable bonds is 14. The molecule has 1 aliphatic rings. The van der Waals surface area contributed by atoms with Crippen LogP contribution in [0.3, 0.4) is 0 Å². The Kier molecular flexibility index (Phi) is 10.0.